The van der Waals surface area contributed by atoms with Gasteiger partial charge in [0.2, 0.25) is 5.91 Å². The van der Waals surface area contributed by atoms with Crippen LogP contribution in [0.2, 0.25) is 0 Å². The molecule has 1 aliphatic rings. The van der Waals surface area contributed by atoms with E-state index in [9.17, 15) is 4.79 Å². The largest absolute Gasteiger partial charge is 0.494 e. The number of carbonyl (C=O) groups excluding carboxylic acids is 1. The fourth-order valence-electron chi connectivity index (χ4n) is 3.00. The topological polar surface area (TPSA) is 56.8 Å². The summed E-state index contributed by atoms with van der Waals surface area (Å²) >= 11 is 5.58. The maximum Gasteiger partial charge on any atom is 0.234 e. The number of anilines is 1. The molecule has 0 saturated carbocycles. The van der Waals surface area contributed by atoms with Gasteiger partial charge >= 0.3 is 0 Å². The third-order valence-corrected chi connectivity index (χ3v) is 4.53. The van der Waals surface area contributed by atoms with Crippen molar-refractivity contribution >= 4 is 28.9 Å². The van der Waals surface area contributed by atoms with E-state index in [4.69, 9.17) is 17.0 Å². The van der Waals surface area contributed by atoms with Crippen LogP contribution in [-0.2, 0) is 4.79 Å². The molecule has 7 heteroatoms. The van der Waals surface area contributed by atoms with Gasteiger partial charge in [-0.05, 0) is 70.6 Å². The zero-order valence-electron chi connectivity index (χ0n) is 16.9. The number of thiocarbonyl (C=S) groups is 1. The molecule has 0 atom stereocenters. The molecule has 1 fully saturated rings. The zero-order valence-corrected chi connectivity index (χ0v) is 17.7. The Morgan fingerprint density at radius 2 is 1.85 bits per heavy atom. The third-order valence-electron chi connectivity index (χ3n) is 4.17. The molecule has 6 nitrogen and oxygen atoms in total. The van der Waals surface area contributed by atoms with Crippen LogP contribution in [0.4, 0.5) is 5.69 Å². The molecule has 1 heterocycles. The van der Waals surface area contributed by atoms with E-state index in [2.05, 4.69) is 20.4 Å². The van der Waals surface area contributed by atoms with Crippen molar-refractivity contribution in [2.24, 2.45) is 0 Å². The molecular weight excluding hydrogens is 360 g/mol. The Kier molecular flexibility index (Phi) is 7.86. The van der Waals surface area contributed by atoms with Gasteiger partial charge in [0.05, 0.1) is 13.2 Å². The fraction of sp³-hybridized carbons (Fsp3) is 0.600. The van der Waals surface area contributed by atoms with Gasteiger partial charge in [-0.2, -0.15) is 0 Å². The molecule has 0 spiro atoms. The molecular formula is C20H32N4O2S. The lowest BCUT2D eigenvalue weighted by atomic mass is 10.1. The molecule has 1 saturated heterocycles. The first-order valence-corrected chi connectivity index (χ1v) is 10.00. The molecule has 2 rings (SSSR count). The van der Waals surface area contributed by atoms with E-state index in [1.54, 1.807) is 0 Å². The van der Waals surface area contributed by atoms with Crippen LogP contribution in [0, 0.1) is 0 Å². The van der Waals surface area contributed by atoms with Crippen LogP contribution in [0.15, 0.2) is 24.3 Å². The Hall–Kier alpha value is -1.86. The molecule has 0 aromatic heterocycles. The van der Waals surface area contributed by atoms with Gasteiger partial charge in [0, 0.05) is 37.4 Å². The van der Waals surface area contributed by atoms with Crippen LogP contribution in [0.3, 0.4) is 0 Å². The Morgan fingerprint density at radius 1 is 1.15 bits per heavy atom. The zero-order chi connectivity index (χ0) is 19.9. The van der Waals surface area contributed by atoms with E-state index in [-0.39, 0.29) is 11.4 Å². The molecule has 0 radical (unpaired) electrons. The molecule has 0 unspecified atom stereocenters. The Morgan fingerprint density at radius 3 is 2.48 bits per heavy atom. The van der Waals surface area contributed by atoms with Crippen molar-refractivity contribution in [1.82, 2.24) is 15.1 Å². The fourth-order valence-corrected chi connectivity index (χ4v) is 3.30. The van der Waals surface area contributed by atoms with Crippen LogP contribution in [0.25, 0.3) is 0 Å². The van der Waals surface area contributed by atoms with Crippen molar-refractivity contribution in [3.63, 3.8) is 0 Å². The van der Waals surface area contributed by atoms with Gasteiger partial charge in [-0.15, -0.1) is 0 Å². The summed E-state index contributed by atoms with van der Waals surface area (Å²) in [6, 6.07) is 7.81. The molecule has 0 aliphatic carbocycles. The smallest absolute Gasteiger partial charge is 0.234 e. The standard InChI is InChI=1S/C20H32N4O2S/c1-5-26-17-9-7-16(8-10-17)21-19(27)24-12-6-11-23(13-14-24)15-18(25)22-20(2,3)4/h7-10H,5-6,11-15H2,1-4H3,(H,21,27)(H,22,25). The van der Waals surface area contributed by atoms with Gasteiger partial charge < -0.3 is 20.3 Å². The predicted molar refractivity (Wildman–Crippen MR) is 114 cm³/mol. The van der Waals surface area contributed by atoms with E-state index in [0.29, 0.717) is 13.2 Å². The minimum Gasteiger partial charge on any atom is -0.494 e. The van der Waals surface area contributed by atoms with Crippen molar-refractivity contribution in [3.8, 4) is 5.75 Å². The number of nitrogens with one attached hydrogen (secondary N) is 2. The Labute approximate surface area is 168 Å². The van der Waals surface area contributed by atoms with E-state index in [0.717, 1.165) is 49.1 Å². The van der Waals surface area contributed by atoms with E-state index in [1.807, 2.05) is 52.0 Å². The minimum absolute atomic E-state index is 0.0750. The summed E-state index contributed by atoms with van der Waals surface area (Å²) in [5.74, 6) is 0.930. The van der Waals surface area contributed by atoms with Gasteiger partial charge in [-0.1, -0.05) is 0 Å². The molecule has 1 aromatic rings. The number of hydrogen-bond acceptors (Lipinski definition) is 4. The van der Waals surface area contributed by atoms with Crippen LogP contribution in [-0.4, -0.2) is 65.7 Å². The van der Waals surface area contributed by atoms with Crippen LogP contribution >= 0.6 is 12.2 Å². The second-order valence-corrected chi connectivity index (χ2v) is 8.19. The minimum atomic E-state index is -0.196. The first-order chi connectivity index (χ1) is 12.8. The van der Waals surface area contributed by atoms with Crippen molar-refractivity contribution < 1.29 is 9.53 Å². The van der Waals surface area contributed by atoms with Gasteiger partial charge in [-0.3, -0.25) is 9.69 Å². The monoisotopic (exact) mass is 392 g/mol. The summed E-state index contributed by atoms with van der Waals surface area (Å²) < 4.78 is 5.46. The SMILES string of the molecule is CCOc1ccc(NC(=S)N2CCCN(CC(=O)NC(C)(C)C)CC2)cc1. The van der Waals surface area contributed by atoms with Crippen LogP contribution < -0.4 is 15.4 Å². The first kappa shape index (κ1) is 21.4. The number of amides is 1. The number of nitrogens with zero attached hydrogens (tertiary/aromatic N) is 2. The number of rotatable bonds is 5. The molecule has 1 amide bonds. The maximum absolute atomic E-state index is 12.2. The highest BCUT2D eigenvalue weighted by Crippen LogP contribution is 2.16. The Balaban J connectivity index is 1.82. The van der Waals surface area contributed by atoms with Crippen LogP contribution in [0.1, 0.15) is 34.1 Å². The molecule has 0 bridgehead atoms. The average molecular weight is 393 g/mol. The second kappa shape index (κ2) is 9.90. The quantitative estimate of drug-likeness (QED) is 0.752. The Bertz CT molecular complexity index is 628. The van der Waals surface area contributed by atoms with Crippen molar-refractivity contribution in [3.05, 3.63) is 24.3 Å². The van der Waals surface area contributed by atoms with Crippen molar-refractivity contribution in [1.29, 1.82) is 0 Å². The van der Waals surface area contributed by atoms with Gasteiger partial charge in [0.15, 0.2) is 5.11 Å². The lowest BCUT2D eigenvalue weighted by Gasteiger charge is -2.26. The van der Waals surface area contributed by atoms with Gasteiger partial charge in [0.25, 0.3) is 0 Å². The van der Waals surface area contributed by atoms with Gasteiger partial charge in [0.1, 0.15) is 5.75 Å². The van der Waals surface area contributed by atoms with E-state index in [1.165, 1.54) is 0 Å². The van der Waals surface area contributed by atoms with Gasteiger partial charge in [-0.25, -0.2) is 0 Å². The molecule has 1 aliphatic heterocycles. The summed E-state index contributed by atoms with van der Waals surface area (Å²) in [7, 11) is 0. The normalized spacial score (nSPS) is 15.8. The summed E-state index contributed by atoms with van der Waals surface area (Å²) in [5.41, 5.74) is 0.757. The lowest BCUT2D eigenvalue weighted by molar-refractivity contribution is -0.123. The number of carbonyl (C=O) groups is 1. The number of hydrogen-bond donors (Lipinski definition) is 2. The molecule has 2 N–H and O–H groups in total. The summed E-state index contributed by atoms with van der Waals surface area (Å²) in [5, 5.41) is 7.05. The van der Waals surface area contributed by atoms with E-state index >= 15 is 0 Å². The highest BCUT2D eigenvalue weighted by atomic mass is 32.1. The summed E-state index contributed by atoms with van der Waals surface area (Å²) in [4.78, 5) is 16.5. The molecule has 27 heavy (non-hydrogen) atoms. The average Bonchev–Trinajstić information content (AvgIpc) is 2.81. The lowest BCUT2D eigenvalue weighted by Crippen LogP contribution is -2.46. The number of benzene rings is 1. The predicted octanol–water partition coefficient (Wildman–Crippen LogP) is 2.70. The number of ether oxygens (including phenoxy) is 1. The third kappa shape index (κ3) is 7.72. The highest BCUT2D eigenvalue weighted by Gasteiger charge is 2.20. The first-order valence-electron chi connectivity index (χ1n) is 9.59. The molecule has 150 valence electrons. The highest BCUT2D eigenvalue weighted by molar-refractivity contribution is 7.80. The second-order valence-electron chi connectivity index (χ2n) is 7.80. The van der Waals surface area contributed by atoms with Crippen molar-refractivity contribution in [2.75, 3.05) is 44.6 Å². The van der Waals surface area contributed by atoms with E-state index < -0.39 is 0 Å². The summed E-state index contributed by atoms with van der Waals surface area (Å²) in [6.07, 6.45) is 0.980. The van der Waals surface area contributed by atoms with Crippen molar-refractivity contribution in [2.45, 2.75) is 39.7 Å². The van der Waals surface area contributed by atoms with Crippen LogP contribution in [0.5, 0.6) is 5.75 Å². The summed E-state index contributed by atoms with van der Waals surface area (Å²) in [6.45, 7) is 12.5. The maximum atomic E-state index is 12.2. The molecule has 1 aromatic carbocycles.